The minimum absolute atomic E-state index is 0.0107. The average Bonchev–Trinajstić information content (AvgIpc) is 3.50. The Morgan fingerprint density at radius 3 is 2.39 bits per heavy atom. The Bertz CT molecular complexity index is 1100. The molecule has 1 amide bonds. The third-order valence-electron chi connectivity index (χ3n) is 9.03. The van der Waals surface area contributed by atoms with Gasteiger partial charge in [-0.3, -0.25) is 19.2 Å². The number of hydrogen-bond donors (Lipinski definition) is 2. The summed E-state index contributed by atoms with van der Waals surface area (Å²) in [7, 11) is 1.45. The van der Waals surface area contributed by atoms with E-state index in [1.54, 1.807) is 26.0 Å². The number of epoxide rings is 1. The number of aromatic hydroxyl groups is 1. The maximum absolute atomic E-state index is 13.8. The smallest absolute Gasteiger partial charge is 0.223 e. The molecule has 1 aliphatic carbocycles. The van der Waals surface area contributed by atoms with Gasteiger partial charge in [0.2, 0.25) is 5.91 Å². The zero-order chi connectivity index (χ0) is 29.6. The average molecular weight is 572 g/mol. The fraction of sp³-hybridized carbons (Fsp3) is 0.688. The minimum Gasteiger partial charge on any atom is -0.504 e. The van der Waals surface area contributed by atoms with E-state index < -0.39 is 23.5 Å². The Hall–Kier alpha value is -2.78. The highest BCUT2D eigenvalue weighted by atomic mass is 16.6. The van der Waals surface area contributed by atoms with Crippen molar-refractivity contribution >= 4 is 23.3 Å². The van der Waals surface area contributed by atoms with Gasteiger partial charge >= 0.3 is 0 Å². The van der Waals surface area contributed by atoms with Gasteiger partial charge in [-0.25, -0.2) is 0 Å². The van der Waals surface area contributed by atoms with Gasteiger partial charge in [-0.05, 0) is 56.2 Å². The summed E-state index contributed by atoms with van der Waals surface area (Å²) in [5, 5.41) is 13.2. The summed E-state index contributed by atoms with van der Waals surface area (Å²) in [5.74, 6) is -1.16. The van der Waals surface area contributed by atoms with Gasteiger partial charge in [0.05, 0.1) is 19.8 Å². The van der Waals surface area contributed by atoms with Crippen molar-refractivity contribution in [1.82, 2.24) is 5.32 Å². The number of Topliss-reactive ketones (excluding diaryl/α,β-unsaturated/α-hetero) is 3. The van der Waals surface area contributed by atoms with Gasteiger partial charge in [-0.1, -0.05) is 38.7 Å². The lowest BCUT2D eigenvalue weighted by molar-refractivity contribution is -0.135. The van der Waals surface area contributed by atoms with Crippen molar-refractivity contribution in [2.24, 2.45) is 23.7 Å². The van der Waals surface area contributed by atoms with Crippen molar-refractivity contribution in [3.8, 4) is 11.5 Å². The van der Waals surface area contributed by atoms with Gasteiger partial charge in [0.25, 0.3) is 0 Å². The Morgan fingerprint density at radius 2 is 1.78 bits per heavy atom. The molecule has 2 heterocycles. The second-order valence-corrected chi connectivity index (χ2v) is 12.4. The van der Waals surface area contributed by atoms with Gasteiger partial charge in [-0.15, -0.1) is 0 Å². The molecule has 0 aromatic heterocycles. The third-order valence-corrected chi connectivity index (χ3v) is 9.03. The van der Waals surface area contributed by atoms with Crippen LogP contribution in [0.5, 0.6) is 11.5 Å². The number of amides is 1. The van der Waals surface area contributed by atoms with Crippen molar-refractivity contribution in [2.45, 2.75) is 89.7 Å². The van der Waals surface area contributed by atoms with Crippen LogP contribution >= 0.6 is 0 Å². The number of carbonyl (C=O) groups is 4. The van der Waals surface area contributed by atoms with Crippen molar-refractivity contribution < 1.29 is 38.5 Å². The van der Waals surface area contributed by atoms with Crippen molar-refractivity contribution in [3.63, 3.8) is 0 Å². The largest absolute Gasteiger partial charge is 0.504 e. The van der Waals surface area contributed by atoms with Crippen LogP contribution < -0.4 is 10.1 Å². The molecule has 3 aliphatic rings. The van der Waals surface area contributed by atoms with Gasteiger partial charge in [0.1, 0.15) is 11.4 Å². The third kappa shape index (κ3) is 8.38. The van der Waals surface area contributed by atoms with E-state index in [1.807, 2.05) is 0 Å². The normalized spacial score (nSPS) is 23.4. The molecule has 1 aromatic carbocycles. The van der Waals surface area contributed by atoms with Gasteiger partial charge in [0, 0.05) is 43.8 Å². The van der Waals surface area contributed by atoms with Crippen LogP contribution in [-0.4, -0.2) is 66.9 Å². The number of benzene rings is 1. The summed E-state index contributed by atoms with van der Waals surface area (Å²) in [6.07, 6.45) is 6.59. The predicted octanol–water partition coefficient (Wildman–Crippen LogP) is 3.96. The maximum Gasteiger partial charge on any atom is 0.223 e. The monoisotopic (exact) mass is 571 g/mol. The molecule has 3 fully saturated rings. The van der Waals surface area contributed by atoms with Crippen LogP contribution in [0.3, 0.4) is 0 Å². The van der Waals surface area contributed by atoms with E-state index in [0.717, 1.165) is 25.7 Å². The van der Waals surface area contributed by atoms with Crippen molar-refractivity contribution in [3.05, 3.63) is 23.8 Å². The number of hydrogen-bond acceptors (Lipinski definition) is 8. The molecular formula is C32H45NO8. The van der Waals surface area contributed by atoms with E-state index in [2.05, 4.69) is 5.32 Å². The number of nitrogens with one attached hydrogen (secondary N) is 1. The lowest BCUT2D eigenvalue weighted by Gasteiger charge is -2.25. The summed E-state index contributed by atoms with van der Waals surface area (Å²) in [4.78, 5) is 53.4. The Kier molecular flexibility index (Phi) is 10.6. The SMILES string of the molecule is COc1ccc(C[C@H](NC(=O)[C@@H](C)CC(=O)C2CCOCC2)C(=O)C[C@@H](CC2CCCC2)C(=O)[C@@]2(C)CO2)cc1O. The highest BCUT2D eigenvalue weighted by Gasteiger charge is 2.50. The van der Waals surface area contributed by atoms with Crippen LogP contribution in [0, 0.1) is 23.7 Å². The molecule has 4 rings (SSSR count). The lowest BCUT2D eigenvalue weighted by Crippen LogP contribution is -2.46. The molecule has 0 spiro atoms. The maximum atomic E-state index is 13.8. The number of carbonyl (C=O) groups excluding carboxylic acids is 4. The Labute approximate surface area is 242 Å². The first kappa shape index (κ1) is 31.2. The molecule has 0 unspecified atom stereocenters. The highest BCUT2D eigenvalue weighted by molar-refractivity contribution is 5.97. The molecule has 226 valence electrons. The first-order chi connectivity index (χ1) is 19.6. The molecule has 2 aliphatic heterocycles. The topological polar surface area (TPSA) is 132 Å². The number of phenolic OH excluding ortho intramolecular Hbond substituents is 1. The first-order valence-corrected chi connectivity index (χ1v) is 15.1. The summed E-state index contributed by atoms with van der Waals surface area (Å²) in [5.41, 5.74) is -0.188. The molecule has 0 radical (unpaired) electrons. The Morgan fingerprint density at radius 1 is 1.10 bits per heavy atom. The molecule has 9 nitrogen and oxygen atoms in total. The molecule has 2 saturated heterocycles. The Balaban J connectivity index is 1.48. The van der Waals surface area contributed by atoms with Crippen LogP contribution in [0.1, 0.15) is 77.2 Å². The minimum atomic E-state index is -0.914. The molecule has 0 bridgehead atoms. The van der Waals surface area contributed by atoms with Gasteiger partial charge in [-0.2, -0.15) is 0 Å². The molecule has 9 heteroatoms. The number of methoxy groups -OCH3 is 1. The van der Waals surface area contributed by atoms with E-state index in [1.165, 1.54) is 13.2 Å². The zero-order valence-corrected chi connectivity index (χ0v) is 24.6. The summed E-state index contributed by atoms with van der Waals surface area (Å²) < 4.78 is 15.9. The number of rotatable bonds is 15. The molecule has 4 atom stereocenters. The quantitative estimate of drug-likeness (QED) is 0.303. The molecular weight excluding hydrogens is 526 g/mol. The van der Waals surface area contributed by atoms with Crippen LogP contribution in [-0.2, 0) is 35.1 Å². The van der Waals surface area contributed by atoms with E-state index in [4.69, 9.17) is 14.2 Å². The molecule has 41 heavy (non-hydrogen) atoms. The van der Waals surface area contributed by atoms with E-state index in [0.29, 0.717) is 56.3 Å². The van der Waals surface area contributed by atoms with Crippen molar-refractivity contribution in [2.75, 3.05) is 26.9 Å². The highest BCUT2D eigenvalue weighted by Crippen LogP contribution is 2.38. The molecule has 1 aromatic rings. The van der Waals surface area contributed by atoms with Gasteiger partial charge < -0.3 is 24.6 Å². The zero-order valence-electron chi connectivity index (χ0n) is 24.6. The number of ketones is 3. The van der Waals surface area contributed by atoms with E-state index >= 15 is 0 Å². The van der Waals surface area contributed by atoms with Crippen LogP contribution in [0.25, 0.3) is 0 Å². The number of ether oxygens (including phenoxy) is 3. The predicted molar refractivity (Wildman–Crippen MR) is 152 cm³/mol. The summed E-state index contributed by atoms with van der Waals surface area (Å²) in [6.45, 7) is 4.94. The summed E-state index contributed by atoms with van der Waals surface area (Å²) in [6, 6.07) is 3.95. The molecule has 1 saturated carbocycles. The molecule has 2 N–H and O–H groups in total. The van der Waals surface area contributed by atoms with Crippen LogP contribution in [0.4, 0.5) is 0 Å². The summed E-state index contributed by atoms with van der Waals surface area (Å²) >= 11 is 0. The van der Waals surface area contributed by atoms with Crippen LogP contribution in [0.2, 0.25) is 0 Å². The van der Waals surface area contributed by atoms with E-state index in [9.17, 15) is 24.3 Å². The lowest BCUT2D eigenvalue weighted by atomic mass is 9.81. The standard InChI is InChI=1S/C32H45NO8/c1-20(14-26(34)23-10-12-40-13-11-23)31(38)33-25(16-22-8-9-29(39-3)28(36)17-22)27(35)18-24(15-21-6-4-5-7-21)30(37)32(2)19-41-32/h8-9,17,20-21,23-25,36H,4-7,10-16,18-19H2,1-3H3,(H,33,38)/t20-,24+,25-,32+/m0/s1. The van der Waals surface area contributed by atoms with E-state index in [-0.39, 0.29) is 54.2 Å². The van der Waals surface area contributed by atoms with Gasteiger partial charge in [0.15, 0.2) is 23.1 Å². The van der Waals surface area contributed by atoms with Crippen LogP contribution in [0.15, 0.2) is 18.2 Å². The fourth-order valence-electron chi connectivity index (χ4n) is 6.24. The number of phenols is 1. The van der Waals surface area contributed by atoms with Crippen molar-refractivity contribution in [1.29, 1.82) is 0 Å². The second-order valence-electron chi connectivity index (χ2n) is 12.4. The fourth-order valence-corrected chi connectivity index (χ4v) is 6.24. The second kappa shape index (κ2) is 13.9. The first-order valence-electron chi connectivity index (χ1n) is 15.1.